The van der Waals surface area contributed by atoms with Gasteiger partial charge in [-0.05, 0) is 31.4 Å². The minimum Gasteiger partial charge on any atom is -0.308 e. The number of benzene rings is 1. The number of hydrogen-bond donors (Lipinski definition) is 1. The average molecular weight is 251 g/mol. The summed E-state index contributed by atoms with van der Waals surface area (Å²) in [5, 5.41) is 3.58. The molecule has 1 aromatic carbocycles. The number of nitrogens with one attached hydrogen (secondary N) is 1. The molecule has 1 aliphatic heterocycles. The van der Waals surface area contributed by atoms with Crippen LogP contribution in [0, 0.1) is 13.8 Å². The highest BCUT2D eigenvalue weighted by atomic mass is 32.2. The van der Waals surface area contributed by atoms with Gasteiger partial charge >= 0.3 is 0 Å². The van der Waals surface area contributed by atoms with E-state index in [4.69, 9.17) is 0 Å². The molecule has 0 bridgehead atoms. The molecule has 0 fully saturated rings. The van der Waals surface area contributed by atoms with Crippen LogP contribution in [-0.2, 0) is 10.8 Å². The summed E-state index contributed by atoms with van der Waals surface area (Å²) < 4.78 is 12.1. The second kappa shape index (κ2) is 4.91. The van der Waals surface area contributed by atoms with Crippen molar-refractivity contribution < 1.29 is 4.21 Å². The lowest BCUT2D eigenvalue weighted by Gasteiger charge is -2.29. The molecular weight excluding hydrogens is 230 g/mol. The van der Waals surface area contributed by atoms with Gasteiger partial charge in [-0.3, -0.25) is 4.21 Å². The molecule has 17 heavy (non-hydrogen) atoms. The lowest BCUT2D eigenvalue weighted by molar-refractivity contribution is 0.455. The Morgan fingerprint density at radius 3 is 2.71 bits per heavy atom. The third-order valence-corrected chi connectivity index (χ3v) is 4.80. The molecule has 1 aromatic rings. The van der Waals surface area contributed by atoms with E-state index in [9.17, 15) is 4.21 Å². The molecule has 0 saturated carbocycles. The van der Waals surface area contributed by atoms with Crippen LogP contribution >= 0.6 is 0 Å². The van der Waals surface area contributed by atoms with Crippen LogP contribution in [0.2, 0.25) is 0 Å². The predicted molar refractivity (Wildman–Crippen MR) is 72.8 cm³/mol. The van der Waals surface area contributed by atoms with Gasteiger partial charge in [-0.25, -0.2) is 0 Å². The summed E-state index contributed by atoms with van der Waals surface area (Å²) in [6.45, 7) is 8.50. The van der Waals surface area contributed by atoms with E-state index < -0.39 is 10.8 Å². The fraction of sp³-hybridized carbons (Fsp3) is 0.571. The first-order valence-corrected chi connectivity index (χ1v) is 7.56. The predicted octanol–water partition coefficient (Wildman–Crippen LogP) is 2.85. The SMILES string of the molecule is Cc1cc(C)c2c(c1)C(NC(C)C)CCS2=O. The summed E-state index contributed by atoms with van der Waals surface area (Å²) in [4.78, 5) is 1.07. The van der Waals surface area contributed by atoms with Crippen molar-refractivity contribution in [2.24, 2.45) is 0 Å². The van der Waals surface area contributed by atoms with Gasteiger partial charge in [0.25, 0.3) is 0 Å². The zero-order valence-corrected chi connectivity index (χ0v) is 11.9. The van der Waals surface area contributed by atoms with E-state index in [2.05, 4.69) is 45.1 Å². The fourth-order valence-corrected chi connectivity index (χ4v) is 4.15. The van der Waals surface area contributed by atoms with E-state index in [1.807, 2.05) is 0 Å². The first kappa shape index (κ1) is 12.8. The number of hydrogen-bond acceptors (Lipinski definition) is 2. The van der Waals surface area contributed by atoms with Gasteiger partial charge in [0.2, 0.25) is 0 Å². The summed E-state index contributed by atoms with van der Waals surface area (Å²) in [5.74, 6) is 0.779. The lowest BCUT2D eigenvalue weighted by atomic mass is 9.98. The van der Waals surface area contributed by atoms with Gasteiger partial charge in [-0.15, -0.1) is 0 Å². The van der Waals surface area contributed by atoms with E-state index in [0.717, 1.165) is 17.1 Å². The smallest absolute Gasteiger partial charge is 0.0536 e. The summed E-state index contributed by atoms with van der Waals surface area (Å²) in [6.07, 6.45) is 0.973. The Balaban J connectivity index is 2.47. The molecule has 1 N–H and O–H groups in total. The van der Waals surface area contributed by atoms with Crippen LogP contribution in [0.3, 0.4) is 0 Å². The van der Waals surface area contributed by atoms with Crippen LogP contribution in [0.15, 0.2) is 17.0 Å². The summed E-state index contributed by atoms with van der Waals surface area (Å²) in [6, 6.07) is 5.15. The van der Waals surface area contributed by atoms with Crippen LogP contribution in [0.1, 0.15) is 43.0 Å². The molecule has 2 unspecified atom stereocenters. The monoisotopic (exact) mass is 251 g/mol. The van der Waals surface area contributed by atoms with Crippen molar-refractivity contribution in [3.63, 3.8) is 0 Å². The first-order chi connectivity index (χ1) is 7.99. The van der Waals surface area contributed by atoms with E-state index in [-0.39, 0.29) is 0 Å². The highest BCUT2D eigenvalue weighted by Gasteiger charge is 2.26. The molecule has 0 aliphatic carbocycles. The molecule has 94 valence electrons. The molecule has 0 spiro atoms. The van der Waals surface area contributed by atoms with E-state index in [0.29, 0.717) is 12.1 Å². The van der Waals surface area contributed by atoms with Crippen LogP contribution < -0.4 is 5.32 Å². The molecule has 0 amide bonds. The van der Waals surface area contributed by atoms with Gasteiger partial charge in [0.15, 0.2) is 0 Å². The fourth-order valence-electron chi connectivity index (χ4n) is 2.61. The van der Waals surface area contributed by atoms with Crippen molar-refractivity contribution in [3.05, 3.63) is 28.8 Å². The quantitative estimate of drug-likeness (QED) is 0.875. The molecule has 0 radical (unpaired) electrons. The van der Waals surface area contributed by atoms with Crippen molar-refractivity contribution in [3.8, 4) is 0 Å². The van der Waals surface area contributed by atoms with Gasteiger partial charge in [-0.2, -0.15) is 0 Å². The Morgan fingerprint density at radius 1 is 1.35 bits per heavy atom. The van der Waals surface area contributed by atoms with Crippen LogP contribution in [0.5, 0.6) is 0 Å². The van der Waals surface area contributed by atoms with Crippen molar-refractivity contribution >= 4 is 10.8 Å². The topological polar surface area (TPSA) is 29.1 Å². The minimum absolute atomic E-state index is 0.362. The Kier molecular flexibility index (Phi) is 3.69. The van der Waals surface area contributed by atoms with Gasteiger partial charge < -0.3 is 5.32 Å². The highest BCUT2D eigenvalue weighted by molar-refractivity contribution is 7.85. The van der Waals surface area contributed by atoms with Gasteiger partial charge in [-0.1, -0.05) is 31.5 Å². The van der Waals surface area contributed by atoms with E-state index >= 15 is 0 Å². The molecule has 0 saturated heterocycles. The molecule has 0 aromatic heterocycles. The van der Waals surface area contributed by atoms with Crippen molar-refractivity contribution in [1.29, 1.82) is 0 Å². The Morgan fingerprint density at radius 2 is 2.06 bits per heavy atom. The van der Waals surface area contributed by atoms with Crippen molar-refractivity contribution in [1.82, 2.24) is 5.32 Å². The standard InChI is InChI=1S/C14H21NOS/c1-9(2)15-13-5-6-17(16)14-11(4)7-10(3)8-12(13)14/h7-9,13,15H,5-6H2,1-4H3. The first-order valence-electron chi connectivity index (χ1n) is 6.24. The number of fused-ring (bicyclic) bond motifs is 1. The summed E-state index contributed by atoms with van der Waals surface area (Å²) in [7, 11) is -0.811. The average Bonchev–Trinajstić information content (AvgIpc) is 2.20. The van der Waals surface area contributed by atoms with E-state index in [1.165, 1.54) is 16.7 Å². The molecule has 3 heteroatoms. The Labute approximate surface area is 106 Å². The maximum Gasteiger partial charge on any atom is 0.0536 e. The van der Waals surface area contributed by atoms with Crippen LogP contribution in [-0.4, -0.2) is 16.0 Å². The summed E-state index contributed by atoms with van der Waals surface area (Å²) in [5.41, 5.74) is 3.69. The van der Waals surface area contributed by atoms with Crippen LogP contribution in [0.4, 0.5) is 0 Å². The molecule has 1 heterocycles. The molecule has 1 aliphatic rings. The molecule has 2 rings (SSSR count). The molecule has 2 atom stereocenters. The third kappa shape index (κ3) is 2.61. The second-order valence-corrected chi connectivity index (χ2v) is 6.72. The lowest BCUT2D eigenvalue weighted by Crippen LogP contribution is -2.32. The Bertz CT molecular complexity index is 454. The molecular formula is C14H21NOS. The van der Waals surface area contributed by atoms with Crippen molar-refractivity contribution in [2.45, 2.75) is 51.1 Å². The summed E-state index contributed by atoms with van der Waals surface area (Å²) >= 11 is 0. The Hall–Kier alpha value is -0.670. The third-order valence-electron chi connectivity index (χ3n) is 3.18. The second-order valence-electron chi connectivity index (χ2n) is 5.21. The van der Waals surface area contributed by atoms with Gasteiger partial charge in [0, 0.05) is 22.7 Å². The molecule has 2 nitrogen and oxygen atoms in total. The van der Waals surface area contributed by atoms with Crippen LogP contribution in [0.25, 0.3) is 0 Å². The van der Waals surface area contributed by atoms with Crippen molar-refractivity contribution in [2.75, 3.05) is 5.75 Å². The number of aryl methyl sites for hydroxylation is 2. The maximum absolute atomic E-state index is 12.1. The minimum atomic E-state index is -0.811. The maximum atomic E-state index is 12.1. The van der Waals surface area contributed by atoms with Gasteiger partial charge in [0.1, 0.15) is 0 Å². The largest absolute Gasteiger partial charge is 0.308 e. The highest BCUT2D eigenvalue weighted by Crippen LogP contribution is 2.33. The van der Waals surface area contributed by atoms with Gasteiger partial charge in [0.05, 0.1) is 10.8 Å². The number of rotatable bonds is 2. The normalized spacial score (nSPS) is 23.8. The zero-order chi connectivity index (χ0) is 12.6. The zero-order valence-electron chi connectivity index (χ0n) is 11.0. The van der Waals surface area contributed by atoms with E-state index in [1.54, 1.807) is 0 Å².